The second-order valence-electron chi connectivity index (χ2n) is 3.47. The lowest BCUT2D eigenvalue weighted by Gasteiger charge is -2.10. The van der Waals surface area contributed by atoms with Crippen molar-refractivity contribution in [1.82, 2.24) is 15.0 Å². The minimum Gasteiger partial charge on any atom is -0.481 e. The molecule has 1 aromatic heterocycles. The van der Waals surface area contributed by atoms with Crippen LogP contribution >= 0.6 is 0 Å². The van der Waals surface area contributed by atoms with Crippen molar-refractivity contribution in [2.45, 2.75) is 12.5 Å². The van der Waals surface area contributed by atoms with Crippen molar-refractivity contribution >= 4 is 23.0 Å². The second-order valence-corrected chi connectivity index (χ2v) is 3.47. The molecule has 0 spiro atoms. The van der Waals surface area contributed by atoms with E-state index in [4.69, 9.17) is 10.2 Å². The van der Waals surface area contributed by atoms with Crippen molar-refractivity contribution in [1.29, 1.82) is 0 Å². The molecular weight excluding hydrogens is 226 g/mol. The van der Waals surface area contributed by atoms with Crippen molar-refractivity contribution in [3.05, 3.63) is 24.3 Å². The van der Waals surface area contributed by atoms with Gasteiger partial charge in [0.05, 0.1) is 11.9 Å². The first-order chi connectivity index (χ1) is 8.09. The normalized spacial score (nSPS) is 12.5. The summed E-state index contributed by atoms with van der Waals surface area (Å²) in [5, 5.41) is 25.2. The van der Waals surface area contributed by atoms with Gasteiger partial charge in [-0.3, -0.25) is 4.79 Å². The van der Waals surface area contributed by atoms with E-state index in [-0.39, 0.29) is 0 Å². The number of hydrogen-bond donors (Lipinski definition) is 2. The average Bonchev–Trinajstić information content (AvgIpc) is 2.69. The zero-order valence-electron chi connectivity index (χ0n) is 8.65. The van der Waals surface area contributed by atoms with Crippen LogP contribution in [0.5, 0.6) is 0 Å². The first-order valence-electron chi connectivity index (χ1n) is 4.84. The number of nitrogens with zero attached hydrogens (tertiary/aromatic N) is 3. The van der Waals surface area contributed by atoms with Crippen molar-refractivity contribution < 1.29 is 19.8 Å². The summed E-state index contributed by atoms with van der Waals surface area (Å²) in [4.78, 5) is 21.6. The zero-order chi connectivity index (χ0) is 12.4. The lowest BCUT2D eigenvalue weighted by molar-refractivity contribution is -0.147. The van der Waals surface area contributed by atoms with Crippen molar-refractivity contribution in [3.63, 3.8) is 0 Å². The van der Waals surface area contributed by atoms with Crippen LogP contribution in [0.4, 0.5) is 0 Å². The molecular formula is C10H9N3O4. The molecule has 0 fully saturated rings. The first kappa shape index (κ1) is 11.1. The highest BCUT2D eigenvalue weighted by atomic mass is 16.4. The van der Waals surface area contributed by atoms with Gasteiger partial charge in [0.25, 0.3) is 0 Å². The summed E-state index contributed by atoms with van der Waals surface area (Å²) >= 11 is 0. The highest BCUT2D eigenvalue weighted by molar-refractivity contribution is 5.82. The Kier molecular flexibility index (Phi) is 2.73. The number of carboxylic acids is 2. The van der Waals surface area contributed by atoms with E-state index in [1.54, 1.807) is 24.3 Å². The van der Waals surface area contributed by atoms with Crippen LogP contribution in [0.3, 0.4) is 0 Å². The van der Waals surface area contributed by atoms with Crippen LogP contribution in [0, 0.1) is 0 Å². The Morgan fingerprint density at radius 1 is 1.29 bits per heavy atom. The van der Waals surface area contributed by atoms with E-state index in [2.05, 4.69) is 10.3 Å². The van der Waals surface area contributed by atoms with Crippen molar-refractivity contribution in [2.75, 3.05) is 0 Å². The molecule has 2 N–H and O–H groups in total. The maximum Gasteiger partial charge on any atom is 0.329 e. The fourth-order valence-electron chi connectivity index (χ4n) is 1.56. The molecule has 0 aliphatic carbocycles. The van der Waals surface area contributed by atoms with Gasteiger partial charge in [-0.05, 0) is 12.1 Å². The number of carbonyl (C=O) groups is 2. The van der Waals surface area contributed by atoms with Gasteiger partial charge in [-0.2, -0.15) is 0 Å². The summed E-state index contributed by atoms with van der Waals surface area (Å²) in [6, 6.07) is 5.53. The molecule has 0 bridgehead atoms. The molecule has 1 aromatic carbocycles. The Morgan fingerprint density at radius 2 is 2.00 bits per heavy atom. The molecule has 2 rings (SSSR count). The Balaban J connectivity index is 2.48. The van der Waals surface area contributed by atoms with E-state index in [1.165, 1.54) is 0 Å². The molecule has 0 saturated carbocycles. The molecule has 1 atom stereocenters. The predicted molar refractivity (Wildman–Crippen MR) is 56.5 cm³/mol. The van der Waals surface area contributed by atoms with Crippen molar-refractivity contribution in [3.8, 4) is 0 Å². The number of aliphatic carboxylic acids is 2. The number of para-hydroxylation sites is 1. The van der Waals surface area contributed by atoms with Crippen LogP contribution in [-0.4, -0.2) is 37.1 Å². The van der Waals surface area contributed by atoms with Crippen LogP contribution in [0.25, 0.3) is 11.0 Å². The van der Waals surface area contributed by atoms with Gasteiger partial charge < -0.3 is 10.2 Å². The summed E-state index contributed by atoms with van der Waals surface area (Å²) in [6.45, 7) is 0. The predicted octanol–water partition coefficient (Wildman–Crippen LogP) is 0.532. The summed E-state index contributed by atoms with van der Waals surface area (Å²) in [6.07, 6.45) is -0.539. The maximum absolute atomic E-state index is 11.0. The minimum atomic E-state index is -1.25. The molecule has 0 aliphatic rings. The molecule has 0 radical (unpaired) electrons. The molecule has 17 heavy (non-hydrogen) atoms. The monoisotopic (exact) mass is 235 g/mol. The fraction of sp³-hybridized carbons (Fsp3) is 0.200. The van der Waals surface area contributed by atoms with Crippen LogP contribution in [0.2, 0.25) is 0 Å². The van der Waals surface area contributed by atoms with Crippen LogP contribution < -0.4 is 0 Å². The topological polar surface area (TPSA) is 105 Å². The lowest BCUT2D eigenvalue weighted by Crippen LogP contribution is -2.23. The summed E-state index contributed by atoms with van der Waals surface area (Å²) in [5.74, 6) is -2.44. The lowest BCUT2D eigenvalue weighted by atomic mass is 10.2. The first-order valence-corrected chi connectivity index (χ1v) is 4.84. The van der Waals surface area contributed by atoms with E-state index in [9.17, 15) is 9.59 Å². The Bertz CT molecular complexity index is 578. The average molecular weight is 235 g/mol. The van der Waals surface area contributed by atoms with E-state index >= 15 is 0 Å². The van der Waals surface area contributed by atoms with Gasteiger partial charge >= 0.3 is 11.9 Å². The van der Waals surface area contributed by atoms with E-state index in [0.717, 1.165) is 4.68 Å². The highest BCUT2D eigenvalue weighted by Crippen LogP contribution is 2.18. The maximum atomic E-state index is 11.0. The zero-order valence-corrected chi connectivity index (χ0v) is 8.65. The van der Waals surface area contributed by atoms with Gasteiger partial charge in [-0.25, -0.2) is 9.48 Å². The SMILES string of the molecule is O=C(O)C[C@@H](C(=O)O)n1nnc2ccccc21. The van der Waals surface area contributed by atoms with Crippen LogP contribution in [0.1, 0.15) is 12.5 Å². The number of benzene rings is 1. The van der Waals surface area contributed by atoms with Gasteiger partial charge in [0.2, 0.25) is 0 Å². The Hall–Kier alpha value is -2.44. The standard InChI is InChI=1S/C10H9N3O4/c14-9(15)5-8(10(16)17)13-7-4-2-1-3-6(7)11-12-13/h1-4,8H,5H2,(H,14,15)(H,16,17)/t8-/m0/s1. The van der Waals surface area contributed by atoms with Crippen LogP contribution in [0.15, 0.2) is 24.3 Å². The van der Waals surface area contributed by atoms with Gasteiger partial charge in [0.1, 0.15) is 5.52 Å². The van der Waals surface area contributed by atoms with Gasteiger partial charge in [0.15, 0.2) is 6.04 Å². The molecule has 0 amide bonds. The Labute approximate surface area is 95.3 Å². The third-order valence-corrected chi connectivity index (χ3v) is 2.33. The summed E-state index contributed by atoms with van der Waals surface area (Å²) in [5.41, 5.74) is 1.03. The number of fused-ring (bicyclic) bond motifs is 1. The summed E-state index contributed by atoms with van der Waals surface area (Å²) in [7, 11) is 0. The fourth-order valence-corrected chi connectivity index (χ4v) is 1.56. The molecule has 7 nitrogen and oxygen atoms in total. The molecule has 2 aromatic rings. The molecule has 0 unspecified atom stereocenters. The van der Waals surface area contributed by atoms with Crippen molar-refractivity contribution in [2.24, 2.45) is 0 Å². The Morgan fingerprint density at radius 3 is 2.65 bits per heavy atom. The minimum absolute atomic E-state index is 0.501. The number of aromatic nitrogens is 3. The molecule has 7 heteroatoms. The third-order valence-electron chi connectivity index (χ3n) is 2.33. The molecule has 0 saturated heterocycles. The smallest absolute Gasteiger partial charge is 0.329 e. The number of hydrogen-bond acceptors (Lipinski definition) is 4. The van der Waals surface area contributed by atoms with E-state index in [0.29, 0.717) is 11.0 Å². The summed E-state index contributed by atoms with van der Waals surface area (Å²) < 4.78 is 1.12. The van der Waals surface area contributed by atoms with Crippen LogP contribution in [-0.2, 0) is 9.59 Å². The molecule has 88 valence electrons. The third kappa shape index (κ3) is 2.07. The quantitative estimate of drug-likeness (QED) is 0.800. The largest absolute Gasteiger partial charge is 0.481 e. The van der Waals surface area contributed by atoms with E-state index in [1.807, 2.05) is 0 Å². The number of carboxylic acid groups (broad SMARTS) is 2. The molecule has 1 heterocycles. The second kappa shape index (κ2) is 4.20. The van der Waals surface area contributed by atoms with Gasteiger partial charge in [0, 0.05) is 0 Å². The molecule has 0 aliphatic heterocycles. The number of rotatable bonds is 4. The van der Waals surface area contributed by atoms with Gasteiger partial charge in [-0.1, -0.05) is 17.3 Å². The van der Waals surface area contributed by atoms with Gasteiger partial charge in [-0.15, -0.1) is 5.10 Å². The van der Waals surface area contributed by atoms with E-state index < -0.39 is 24.4 Å². The highest BCUT2D eigenvalue weighted by Gasteiger charge is 2.25.